The number of halogens is 1. The minimum Gasteiger partial charge on any atom is -0.481 e. The van der Waals surface area contributed by atoms with Gasteiger partial charge >= 0.3 is 5.97 Å². The van der Waals surface area contributed by atoms with Crippen LogP contribution in [0.5, 0.6) is 0 Å². The van der Waals surface area contributed by atoms with Gasteiger partial charge in [0.25, 0.3) is 0 Å². The summed E-state index contributed by atoms with van der Waals surface area (Å²) in [4.78, 5) is 10.3. The fraction of sp³-hybridized carbons (Fsp3) is 0.833. The highest BCUT2D eigenvalue weighted by atomic mass is 19.1. The Balaban J connectivity index is 2.57. The second-order valence-electron chi connectivity index (χ2n) is 2.66. The number of carboxylic acids is 1. The largest absolute Gasteiger partial charge is 0.481 e. The third-order valence-corrected chi connectivity index (χ3v) is 1.89. The zero-order valence-electron chi connectivity index (χ0n) is 5.51. The van der Waals surface area contributed by atoms with E-state index in [0.717, 1.165) is 0 Å². The molecule has 0 spiro atoms. The van der Waals surface area contributed by atoms with Crippen molar-refractivity contribution in [2.45, 2.75) is 18.5 Å². The van der Waals surface area contributed by atoms with Crippen LogP contribution < -0.4 is 5.73 Å². The van der Waals surface area contributed by atoms with E-state index >= 15 is 0 Å². The first-order chi connectivity index (χ1) is 4.60. The van der Waals surface area contributed by atoms with Crippen LogP contribution in [0.1, 0.15) is 12.8 Å². The van der Waals surface area contributed by atoms with E-state index in [1.54, 1.807) is 0 Å². The average Bonchev–Trinajstić information content (AvgIpc) is 2.49. The van der Waals surface area contributed by atoms with Gasteiger partial charge in [0, 0.05) is 6.54 Å². The van der Waals surface area contributed by atoms with Gasteiger partial charge in [-0.1, -0.05) is 0 Å². The Kier molecular flexibility index (Phi) is 1.64. The van der Waals surface area contributed by atoms with Crippen molar-refractivity contribution in [3.63, 3.8) is 0 Å². The van der Waals surface area contributed by atoms with Gasteiger partial charge in [-0.3, -0.25) is 4.79 Å². The van der Waals surface area contributed by atoms with Crippen LogP contribution >= 0.6 is 0 Å². The molecule has 0 bridgehead atoms. The molecule has 0 amide bonds. The van der Waals surface area contributed by atoms with Gasteiger partial charge in [0.1, 0.15) is 11.6 Å². The molecule has 0 aliphatic heterocycles. The molecule has 0 radical (unpaired) electrons. The van der Waals surface area contributed by atoms with E-state index < -0.39 is 17.6 Å². The molecular formula is C6H10FNO2. The zero-order chi connectivity index (χ0) is 7.78. The summed E-state index contributed by atoms with van der Waals surface area (Å²) < 4.78 is 13.0. The lowest BCUT2D eigenvalue weighted by Gasteiger charge is -2.12. The summed E-state index contributed by atoms with van der Waals surface area (Å²) >= 11 is 0. The summed E-state index contributed by atoms with van der Waals surface area (Å²) in [5.74, 6) is -2.12. The number of aliphatic carboxylic acids is 1. The first kappa shape index (κ1) is 7.47. The quantitative estimate of drug-likeness (QED) is 0.597. The Morgan fingerprint density at radius 1 is 1.80 bits per heavy atom. The maximum absolute atomic E-state index is 13.0. The minimum absolute atomic E-state index is 0.105. The van der Waals surface area contributed by atoms with Gasteiger partial charge in [-0.25, -0.2) is 4.39 Å². The number of carbonyl (C=O) groups is 1. The first-order valence-electron chi connectivity index (χ1n) is 3.22. The Morgan fingerprint density at radius 3 is 2.40 bits per heavy atom. The minimum atomic E-state index is -1.49. The number of carboxylic acid groups (broad SMARTS) is 1. The molecule has 1 saturated carbocycles. The summed E-state index contributed by atoms with van der Waals surface area (Å²) in [6.07, 6.45) is 0.697. The number of rotatable bonds is 3. The van der Waals surface area contributed by atoms with E-state index in [0.29, 0.717) is 12.8 Å². The van der Waals surface area contributed by atoms with Crippen LogP contribution in [0.2, 0.25) is 0 Å². The summed E-state index contributed by atoms with van der Waals surface area (Å²) in [5, 5.41) is 8.43. The number of hydrogen-bond donors (Lipinski definition) is 2. The van der Waals surface area contributed by atoms with Gasteiger partial charge in [-0.05, 0) is 12.8 Å². The molecule has 1 aliphatic rings. The Morgan fingerprint density at radius 2 is 2.30 bits per heavy atom. The van der Waals surface area contributed by atoms with Crippen LogP contribution in [-0.2, 0) is 4.79 Å². The van der Waals surface area contributed by atoms with E-state index in [1.807, 2.05) is 0 Å². The monoisotopic (exact) mass is 147 g/mol. The highest BCUT2D eigenvalue weighted by Crippen LogP contribution is 2.46. The topological polar surface area (TPSA) is 63.3 Å². The Bertz CT molecular complexity index is 156. The average molecular weight is 147 g/mol. The maximum atomic E-state index is 13.0. The van der Waals surface area contributed by atoms with Crippen molar-refractivity contribution in [2.75, 3.05) is 6.54 Å². The van der Waals surface area contributed by atoms with E-state index in [9.17, 15) is 9.18 Å². The van der Waals surface area contributed by atoms with Crippen molar-refractivity contribution in [2.24, 2.45) is 11.7 Å². The molecule has 0 heterocycles. The molecule has 1 aliphatic carbocycles. The maximum Gasteiger partial charge on any atom is 0.311 e. The molecule has 1 fully saturated rings. The van der Waals surface area contributed by atoms with Crippen molar-refractivity contribution in [3.05, 3.63) is 0 Å². The summed E-state index contributed by atoms with van der Waals surface area (Å²) in [5.41, 5.74) is 3.59. The summed E-state index contributed by atoms with van der Waals surface area (Å²) in [6.45, 7) is -0.105. The van der Waals surface area contributed by atoms with Crippen molar-refractivity contribution in [1.82, 2.24) is 0 Å². The van der Waals surface area contributed by atoms with Gasteiger partial charge in [-0.2, -0.15) is 0 Å². The van der Waals surface area contributed by atoms with E-state index in [2.05, 4.69) is 0 Å². The summed E-state index contributed by atoms with van der Waals surface area (Å²) in [6, 6.07) is 0. The highest BCUT2D eigenvalue weighted by molar-refractivity contribution is 5.72. The molecule has 3 nitrogen and oxygen atoms in total. The third-order valence-electron chi connectivity index (χ3n) is 1.89. The number of alkyl halides is 1. The van der Waals surface area contributed by atoms with Crippen LogP contribution in [0.25, 0.3) is 0 Å². The predicted molar refractivity (Wildman–Crippen MR) is 33.3 cm³/mol. The lowest BCUT2D eigenvalue weighted by molar-refractivity contribution is -0.144. The van der Waals surface area contributed by atoms with Crippen molar-refractivity contribution < 1.29 is 14.3 Å². The van der Waals surface area contributed by atoms with E-state index in [1.165, 1.54) is 0 Å². The second-order valence-corrected chi connectivity index (χ2v) is 2.66. The Hall–Kier alpha value is -0.640. The van der Waals surface area contributed by atoms with Crippen molar-refractivity contribution in [1.29, 1.82) is 0 Å². The summed E-state index contributed by atoms with van der Waals surface area (Å²) in [7, 11) is 0. The van der Waals surface area contributed by atoms with Crippen LogP contribution in [0.3, 0.4) is 0 Å². The first-order valence-corrected chi connectivity index (χ1v) is 3.22. The van der Waals surface area contributed by atoms with Gasteiger partial charge in [0.15, 0.2) is 0 Å². The van der Waals surface area contributed by atoms with Crippen LogP contribution in [0.4, 0.5) is 4.39 Å². The molecular weight excluding hydrogens is 137 g/mol. The number of nitrogens with two attached hydrogens (primary N) is 1. The van der Waals surface area contributed by atoms with Gasteiger partial charge in [-0.15, -0.1) is 0 Å². The molecule has 58 valence electrons. The third kappa shape index (κ3) is 1.11. The molecule has 0 aromatic carbocycles. The van der Waals surface area contributed by atoms with Crippen molar-refractivity contribution >= 4 is 5.97 Å². The molecule has 0 aromatic heterocycles. The van der Waals surface area contributed by atoms with Gasteiger partial charge in [0.05, 0.1) is 0 Å². The molecule has 0 saturated heterocycles. The second kappa shape index (κ2) is 2.20. The molecule has 10 heavy (non-hydrogen) atoms. The molecule has 1 rings (SSSR count). The molecule has 3 N–H and O–H groups in total. The highest BCUT2D eigenvalue weighted by Gasteiger charge is 2.52. The normalized spacial score (nSPS) is 23.8. The van der Waals surface area contributed by atoms with Gasteiger partial charge < -0.3 is 10.8 Å². The lowest BCUT2D eigenvalue weighted by Crippen LogP contribution is -2.33. The smallest absolute Gasteiger partial charge is 0.311 e. The standard InChI is InChI=1S/C6H10FNO2/c7-6(1-2-6)4(3-8)5(9)10/h4H,1-3,8H2,(H,9,10). The molecule has 1 unspecified atom stereocenters. The van der Waals surface area contributed by atoms with Crippen LogP contribution in [0.15, 0.2) is 0 Å². The SMILES string of the molecule is NCC(C(=O)O)C1(F)CC1. The zero-order valence-corrected chi connectivity index (χ0v) is 5.51. The van der Waals surface area contributed by atoms with Crippen LogP contribution in [-0.4, -0.2) is 23.3 Å². The predicted octanol–water partition coefficient (Wildman–Crippen LogP) is 0.148. The van der Waals surface area contributed by atoms with Crippen LogP contribution in [0, 0.1) is 5.92 Å². The van der Waals surface area contributed by atoms with Gasteiger partial charge in [0.2, 0.25) is 0 Å². The van der Waals surface area contributed by atoms with Crippen molar-refractivity contribution in [3.8, 4) is 0 Å². The fourth-order valence-corrected chi connectivity index (χ4v) is 1.00. The molecule has 4 heteroatoms. The lowest BCUT2D eigenvalue weighted by atomic mass is 10.0. The molecule has 1 atom stereocenters. The van der Waals surface area contributed by atoms with E-state index in [4.69, 9.17) is 10.8 Å². The number of hydrogen-bond acceptors (Lipinski definition) is 2. The molecule has 0 aromatic rings. The van der Waals surface area contributed by atoms with E-state index in [-0.39, 0.29) is 6.54 Å². The fourth-order valence-electron chi connectivity index (χ4n) is 1.00. The Labute approximate surface area is 58.0 Å².